The molecule has 0 aromatic rings. The molecule has 0 spiro atoms. The summed E-state index contributed by atoms with van der Waals surface area (Å²) in [6, 6.07) is -1.23. The largest absolute Gasteiger partial charge is 0.387 e. The van der Waals surface area contributed by atoms with Crippen LogP contribution in [0, 0.1) is 0 Å². The van der Waals surface area contributed by atoms with Crippen LogP contribution in [0.25, 0.3) is 0 Å². The lowest BCUT2D eigenvalue weighted by Crippen LogP contribution is -2.50. The molecule has 7 nitrogen and oxygen atoms in total. The minimum absolute atomic E-state index is 0.275. The van der Waals surface area contributed by atoms with E-state index in [1.807, 2.05) is 0 Å². The number of carbonyl (C=O) groups excluding carboxylic acids is 1. The Morgan fingerprint density at radius 1 is 0.549 bits per heavy atom. The molecule has 0 bridgehead atoms. The topological polar surface area (TPSA) is 124 Å². The molecule has 0 aromatic heterocycles. The molecule has 300 valence electrons. The van der Waals surface area contributed by atoms with E-state index < -0.39 is 40.0 Å². The zero-order valence-electron chi connectivity index (χ0n) is 33.1. The van der Waals surface area contributed by atoms with E-state index in [0.29, 0.717) is 6.42 Å². The van der Waals surface area contributed by atoms with Gasteiger partial charge in [0.25, 0.3) is 10.1 Å². The molecular weight excluding hydrogens is 659 g/mol. The maximum absolute atomic E-state index is 12.6. The minimum Gasteiger partial charge on any atom is -0.387 e. The lowest BCUT2D eigenvalue weighted by Gasteiger charge is -2.22. The minimum atomic E-state index is -4.44. The van der Waals surface area contributed by atoms with Gasteiger partial charge in [0.1, 0.15) is 6.10 Å². The highest BCUT2D eigenvalue weighted by Gasteiger charge is 2.27. The highest BCUT2D eigenvalue weighted by atomic mass is 32.2. The van der Waals surface area contributed by atoms with Gasteiger partial charge in [-0.1, -0.05) is 198 Å². The number of hydrogen-bond donors (Lipinski definition) is 4. The first kappa shape index (κ1) is 49.5. The number of carbonyl (C=O) groups is 1. The quantitative estimate of drug-likeness (QED) is 0.0216. The van der Waals surface area contributed by atoms with E-state index in [9.17, 15) is 28.0 Å². The lowest BCUT2D eigenvalue weighted by molar-refractivity contribution is -0.130. The fraction of sp³-hybridized carbons (Fsp3) is 0.837. The predicted molar refractivity (Wildman–Crippen MR) is 218 cm³/mol. The van der Waals surface area contributed by atoms with E-state index in [1.54, 1.807) is 6.08 Å². The van der Waals surface area contributed by atoms with Gasteiger partial charge in [-0.3, -0.25) is 9.35 Å². The Bertz CT molecular complexity index is 964. The highest BCUT2D eigenvalue weighted by Crippen LogP contribution is 2.15. The monoisotopic (exact) mass is 740 g/mol. The molecule has 0 heterocycles. The van der Waals surface area contributed by atoms with Gasteiger partial charge in [-0.25, -0.2) is 0 Å². The SMILES string of the molecule is CCCCC/C=C\C=C/CCCCCCCCCCCC(O)C(=O)NC(CS(=O)(=O)O)C(O)/C=C/CCCCCCCCCCCCCCCC. The van der Waals surface area contributed by atoms with Crippen LogP contribution in [0.2, 0.25) is 0 Å². The molecule has 0 saturated heterocycles. The van der Waals surface area contributed by atoms with Gasteiger partial charge in [0, 0.05) is 0 Å². The molecule has 0 aliphatic carbocycles. The molecule has 0 rings (SSSR count). The Morgan fingerprint density at radius 3 is 1.33 bits per heavy atom. The maximum Gasteiger partial charge on any atom is 0.267 e. The number of rotatable bonds is 38. The van der Waals surface area contributed by atoms with Crippen LogP contribution in [0.15, 0.2) is 36.5 Å². The van der Waals surface area contributed by atoms with Crippen molar-refractivity contribution in [1.29, 1.82) is 0 Å². The van der Waals surface area contributed by atoms with Crippen LogP contribution < -0.4 is 5.32 Å². The average Bonchev–Trinajstić information content (AvgIpc) is 3.09. The van der Waals surface area contributed by atoms with Crippen LogP contribution in [0.4, 0.5) is 0 Å². The molecule has 3 unspecified atom stereocenters. The van der Waals surface area contributed by atoms with Crippen LogP contribution in [0.1, 0.15) is 206 Å². The zero-order chi connectivity index (χ0) is 37.7. The van der Waals surface area contributed by atoms with Gasteiger partial charge in [0.15, 0.2) is 0 Å². The molecule has 3 atom stereocenters. The van der Waals surface area contributed by atoms with Crippen molar-refractivity contribution in [1.82, 2.24) is 5.32 Å². The van der Waals surface area contributed by atoms with Crippen molar-refractivity contribution in [2.45, 2.75) is 225 Å². The molecule has 0 aliphatic rings. The summed E-state index contributed by atoms with van der Waals surface area (Å²) in [5, 5.41) is 23.4. The van der Waals surface area contributed by atoms with Crippen LogP contribution in [0.5, 0.6) is 0 Å². The fourth-order valence-electron chi connectivity index (χ4n) is 6.39. The van der Waals surface area contributed by atoms with Crippen LogP contribution >= 0.6 is 0 Å². The van der Waals surface area contributed by atoms with Gasteiger partial charge in [0.2, 0.25) is 5.91 Å². The molecule has 0 saturated carbocycles. The van der Waals surface area contributed by atoms with E-state index >= 15 is 0 Å². The average molecular weight is 740 g/mol. The van der Waals surface area contributed by atoms with Crippen molar-refractivity contribution in [2.75, 3.05) is 5.75 Å². The van der Waals surface area contributed by atoms with Crippen molar-refractivity contribution >= 4 is 16.0 Å². The fourth-order valence-corrected chi connectivity index (χ4v) is 7.12. The van der Waals surface area contributed by atoms with Crippen LogP contribution in [-0.4, -0.2) is 53.1 Å². The Kier molecular flexibility index (Phi) is 35.8. The van der Waals surface area contributed by atoms with E-state index in [4.69, 9.17) is 0 Å². The molecule has 0 aromatic carbocycles. The summed E-state index contributed by atoms with van der Waals surface area (Å²) in [4.78, 5) is 12.6. The third-order valence-corrected chi connectivity index (χ3v) is 10.5. The van der Waals surface area contributed by atoms with E-state index in [0.717, 1.165) is 44.9 Å². The second kappa shape index (κ2) is 36.9. The third kappa shape index (κ3) is 36.7. The van der Waals surface area contributed by atoms with Crippen molar-refractivity contribution in [3.8, 4) is 0 Å². The summed E-state index contributed by atoms with van der Waals surface area (Å²) >= 11 is 0. The molecule has 1 amide bonds. The summed E-state index contributed by atoms with van der Waals surface area (Å²) in [6.07, 6.45) is 44.8. The molecule has 8 heteroatoms. The van der Waals surface area contributed by atoms with Gasteiger partial charge in [-0.15, -0.1) is 0 Å². The van der Waals surface area contributed by atoms with Crippen molar-refractivity contribution in [3.05, 3.63) is 36.5 Å². The molecule has 0 radical (unpaired) electrons. The van der Waals surface area contributed by atoms with Crippen molar-refractivity contribution < 1.29 is 28.0 Å². The first-order chi connectivity index (χ1) is 24.7. The lowest BCUT2D eigenvalue weighted by atomic mass is 10.0. The van der Waals surface area contributed by atoms with Crippen molar-refractivity contribution in [3.63, 3.8) is 0 Å². The second-order valence-electron chi connectivity index (χ2n) is 14.8. The first-order valence-corrected chi connectivity index (χ1v) is 22.9. The number of unbranched alkanes of at least 4 members (excludes halogenated alkanes) is 26. The third-order valence-electron chi connectivity index (χ3n) is 9.70. The molecule has 0 fully saturated rings. The smallest absolute Gasteiger partial charge is 0.267 e. The normalized spacial score (nSPS) is 14.2. The molecule has 4 N–H and O–H groups in total. The number of amides is 1. The van der Waals surface area contributed by atoms with Gasteiger partial charge in [-0.05, 0) is 44.9 Å². The first-order valence-electron chi connectivity index (χ1n) is 21.3. The predicted octanol–water partition coefficient (Wildman–Crippen LogP) is 11.5. The Balaban J connectivity index is 4.02. The van der Waals surface area contributed by atoms with Crippen molar-refractivity contribution in [2.24, 2.45) is 0 Å². The summed E-state index contributed by atoms with van der Waals surface area (Å²) in [5.41, 5.74) is 0. The van der Waals surface area contributed by atoms with Gasteiger partial charge in [0.05, 0.1) is 17.9 Å². The molecule has 0 aliphatic heterocycles. The summed E-state index contributed by atoms with van der Waals surface area (Å²) in [5.74, 6) is -1.54. The van der Waals surface area contributed by atoms with Crippen LogP contribution in [0.3, 0.4) is 0 Å². The summed E-state index contributed by atoms with van der Waals surface area (Å²) < 4.78 is 32.5. The second-order valence-corrected chi connectivity index (χ2v) is 16.3. The van der Waals surface area contributed by atoms with Crippen LogP contribution in [-0.2, 0) is 14.9 Å². The van der Waals surface area contributed by atoms with E-state index in [-0.39, 0.29) is 6.42 Å². The summed E-state index contributed by atoms with van der Waals surface area (Å²) in [6.45, 7) is 4.48. The van der Waals surface area contributed by atoms with Gasteiger partial charge >= 0.3 is 0 Å². The van der Waals surface area contributed by atoms with E-state index in [2.05, 4.69) is 43.5 Å². The standard InChI is InChI=1S/C43H81NO6S/c1-3-5-7-9-11-13-15-17-19-21-22-24-26-28-30-32-34-36-38-42(46)43(47)44-40(39-51(48,49)50)41(45)37-35-33-31-29-27-25-23-20-18-16-14-12-10-8-6-4-2/h11,13,15,17,35,37,40-42,45-46H,3-10,12,14,16,18-34,36,38-39H2,1-2H3,(H,44,47)(H,48,49,50)/b13-11-,17-15-,37-35+. The van der Waals surface area contributed by atoms with Gasteiger partial charge < -0.3 is 15.5 Å². The molecule has 51 heavy (non-hydrogen) atoms. The van der Waals surface area contributed by atoms with Gasteiger partial charge in [-0.2, -0.15) is 8.42 Å². The van der Waals surface area contributed by atoms with E-state index in [1.165, 1.54) is 141 Å². The zero-order valence-corrected chi connectivity index (χ0v) is 33.9. The number of aliphatic hydroxyl groups is 2. The maximum atomic E-state index is 12.6. The molecular formula is C43H81NO6S. The Labute approximate surface area is 315 Å². The Hall–Kier alpha value is -1.48. The number of nitrogens with one attached hydrogen (secondary N) is 1. The summed E-state index contributed by atoms with van der Waals surface area (Å²) in [7, 11) is -4.44. The highest BCUT2D eigenvalue weighted by molar-refractivity contribution is 7.85. The number of hydrogen-bond acceptors (Lipinski definition) is 5. The Morgan fingerprint density at radius 2 is 0.902 bits per heavy atom. The number of allylic oxidation sites excluding steroid dienone is 5. The number of aliphatic hydroxyl groups excluding tert-OH is 2.